The smallest absolute Gasteiger partial charge is 0.258 e. The largest absolute Gasteiger partial charge is 0.270 e. The van der Waals surface area contributed by atoms with E-state index in [0.29, 0.717) is 4.51 Å². The average molecular weight is 223 g/mol. The first-order chi connectivity index (χ1) is 6.61. The van der Waals surface area contributed by atoms with Crippen molar-refractivity contribution in [3.63, 3.8) is 0 Å². The zero-order valence-electron chi connectivity index (χ0n) is 6.93. The molecular weight excluding hydrogens is 218 g/mol. The van der Waals surface area contributed by atoms with Crippen molar-refractivity contribution >= 4 is 30.5 Å². The minimum Gasteiger partial charge on any atom is -0.258 e. The first-order valence-electron chi connectivity index (χ1n) is 3.84. The molecule has 2 aromatic carbocycles. The van der Waals surface area contributed by atoms with Gasteiger partial charge in [0.2, 0.25) is 0 Å². The number of rotatable bonds is 2. The molecule has 0 aliphatic rings. The van der Waals surface area contributed by atoms with Crippen LogP contribution in [0.25, 0.3) is 11.1 Å². The summed E-state index contributed by atoms with van der Waals surface area (Å²) in [6, 6.07) is 6.39. The SMILES string of the molecule is O=[N+]([O-])c1cccc(-c2c(S)c2=S)c1. The summed E-state index contributed by atoms with van der Waals surface area (Å²) in [5.41, 5.74) is 1.70. The van der Waals surface area contributed by atoms with Crippen LogP contribution in [0.15, 0.2) is 29.2 Å². The van der Waals surface area contributed by atoms with Crippen LogP contribution < -0.4 is 0 Å². The number of nitrogens with zero attached hydrogens (tertiary/aromatic N) is 1. The van der Waals surface area contributed by atoms with E-state index in [1.807, 2.05) is 0 Å². The van der Waals surface area contributed by atoms with Gasteiger partial charge in [-0.15, -0.1) is 12.6 Å². The lowest BCUT2D eigenvalue weighted by molar-refractivity contribution is -0.384. The fraction of sp³-hybridized carbons (Fsp3) is 0. The number of thiol groups is 1. The topological polar surface area (TPSA) is 43.1 Å². The van der Waals surface area contributed by atoms with Crippen LogP contribution in [-0.4, -0.2) is 4.92 Å². The monoisotopic (exact) mass is 223 g/mol. The maximum Gasteiger partial charge on any atom is 0.270 e. The Labute approximate surface area is 90.6 Å². The third-order valence-corrected chi connectivity index (χ3v) is 2.97. The van der Waals surface area contributed by atoms with Gasteiger partial charge in [0.1, 0.15) is 0 Å². The van der Waals surface area contributed by atoms with E-state index in [1.54, 1.807) is 12.1 Å². The molecule has 0 saturated heterocycles. The lowest BCUT2D eigenvalue weighted by Crippen LogP contribution is -1.86. The summed E-state index contributed by atoms with van der Waals surface area (Å²) >= 11 is 9.10. The van der Waals surface area contributed by atoms with Crippen LogP contribution in [-0.2, 0) is 0 Å². The van der Waals surface area contributed by atoms with E-state index >= 15 is 0 Å². The molecule has 2 aromatic rings. The second kappa shape index (κ2) is 3.18. The highest BCUT2D eigenvalue weighted by Crippen LogP contribution is 2.39. The molecule has 5 heteroatoms. The summed E-state index contributed by atoms with van der Waals surface area (Å²) in [5, 5.41) is 10.5. The fourth-order valence-corrected chi connectivity index (χ4v) is 1.85. The van der Waals surface area contributed by atoms with E-state index in [-0.39, 0.29) is 5.69 Å². The number of hydrogen-bond acceptors (Lipinski definition) is 4. The fourth-order valence-electron chi connectivity index (χ4n) is 1.20. The van der Waals surface area contributed by atoms with Gasteiger partial charge in [0.15, 0.2) is 0 Å². The Kier molecular flexibility index (Phi) is 2.13. The van der Waals surface area contributed by atoms with Crippen molar-refractivity contribution in [3.8, 4) is 11.1 Å². The minimum absolute atomic E-state index is 0.0748. The van der Waals surface area contributed by atoms with Crippen molar-refractivity contribution in [3.05, 3.63) is 38.9 Å². The average Bonchev–Trinajstić information content (AvgIpc) is 2.75. The van der Waals surface area contributed by atoms with Crippen molar-refractivity contribution in [1.29, 1.82) is 0 Å². The predicted molar refractivity (Wildman–Crippen MR) is 59.0 cm³/mol. The molecule has 0 amide bonds. The molecule has 0 saturated carbocycles. The maximum atomic E-state index is 10.5. The van der Waals surface area contributed by atoms with Crippen LogP contribution in [0.1, 0.15) is 0 Å². The molecule has 0 radical (unpaired) electrons. The quantitative estimate of drug-likeness (QED) is 0.368. The number of nitro groups is 1. The maximum absolute atomic E-state index is 10.5. The highest BCUT2D eigenvalue weighted by atomic mass is 32.1. The molecule has 70 valence electrons. The van der Waals surface area contributed by atoms with Crippen LogP contribution in [0, 0.1) is 14.6 Å². The third kappa shape index (κ3) is 1.44. The van der Waals surface area contributed by atoms with Gasteiger partial charge in [-0.25, -0.2) is 0 Å². The van der Waals surface area contributed by atoms with Crippen LogP contribution >= 0.6 is 24.8 Å². The van der Waals surface area contributed by atoms with Gasteiger partial charge >= 0.3 is 0 Å². The molecule has 0 aliphatic heterocycles. The van der Waals surface area contributed by atoms with Crippen molar-refractivity contribution in [2.45, 2.75) is 4.90 Å². The van der Waals surface area contributed by atoms with Gasteiger partial charge in [-0.05, 0) is 5.56 Å². The van der Waals surface area contributed by atoms with Gasteiger partial charge in [0.05, 0.1) is 9.43 Å². The molecule has 0 atom stereocenters. The second-order valence-corrected chi connectivity index (χ2v) is 3.72. The predicted octanol–water partition coefficient (Wildman–Crippen LogP) is 3.16. The lowest BCUT2D eigenvalue weighted by Gasteiger charge is -1.93. The van der Waals surface area contributed by atoms with Gasteiger partial charge in [0, 0.05) is 22.6 Å². The molecule has 0 unspecified atom stereocenters. The molecular formula is C9H5NO2S2. The third-order valence-electron chi connectivity index (χ3n) is 1.96. The lowest BCUT2D eigenvalue weighted by atomic mass is 10.2. The van der Waals surface area contributed by atoms with Gasteiger partial charge in [0.25, 0.3) is 5.69 Å². The van der Waals surface area contributed by atoms with Crippen LogP contribution in [0.2, 0.25) is 0 Å². The summed E-state index contributed by atoms with van der Waals surface area (Å²) in [6.07, 6.45) is 0. The summed E-state index contributed by atoms with van der Waals surface area (Å²) in [6.45, 7) is 0. The van der Waals surface area contributed by atoms with E-state index in [2.05, 4.69) is 12.6 Å². The van der Waals surface area contributed by atoms with Crippen molar-refractivity contribution < 1.29 is 4.92 Å². The van der Waals surface area contributed by atoms with E-state index in [9.17, 15) is 10.1 Å². The van der Waals surface area contributed by atoms with E-state index in [0.717, 1.165) is 16.0 Å². The van der Waals surface area contributed by atoms with Crippen molar-refractivity contribution in [2.75, 3.05) is 0 Å². The number of hydrogen-bond donors (Lipinski definition) is 1. The van der Waals surface area contributed by atoms with E-state index < -0.39 is 4.92 Å². The van der Waals surface area contributed by atoms with Gasteiger partial charge in [-0.1, -0.05) is 24.4 Å². The first-order valence-corrected chi connectivity index (χ1v) is 4.69. The number of benzene rings is 1. The van der Waals surface area contributed by atoms with Crippen LogP contribution in [0.3, 0.4) is 0 Å². The standard InChI is InChI=1S/C9H5NO2S2/c11-10(12)6-3-1-2-5(4-6)7-8(13)9(7)14/h1-4,13H. The Balaban J connectivity index is 2.47. The zero-order valence-corrected chi connectivity index (χ0v) is 8.64. The number of nitro benzene ring substituents is 1. The van der Waals surface area contributed by atoms with Gasteiger partial charge in [-0.3, -0.25) is 10.1 Å². The van der Waals surface area contributed by atoms with Gasteiger partial charge in [-0.2, -0.15) is 0 Å². The van der Waals surface area contributed by atoms with Crippen LogP contribution in [0.4, 0.5) is 5.69 Å². The minimum atomic E-state index is -0.423. The van der Waals surface area contributed by atoms with Crippen LogP contribution in [0.5, 0.6) is 0 Å². The molecule has 0 fully saturated rings. The Morgan fingerprint density at radius 2 is 2.07 bits per heavy atom. The molecule has 0 spiro atoms. The second-order valence-electron chi connectivity index (χ2n) is 2.86. The molecule has 14 heavy (non-hydrogen) atoms. The normalized spacial score (nSPS) is 10.6. The highest BCUT2D eigenvalue weighted by molar-refractivity contribution is 7.81. The van der Waals surface area contributed by atoms with Crippen molar-refractivity contribution in [1.82, 2.24) is 0 Å². The summed E-state index contributed by atoms with van der Waals surface area (Å²) < 4.78 is 0.703. The van der Waals surface area contributed by atoms with E-state index in [1.165, 1.54) is 12.1 Å². The Morgan fingerprint density at radius 1 is 1.43 bits per heavy atom. The summed E-state index contributed by atoms with van der Waals surface area (Å²) in [4.78, 5) is 10.8. The summed E-state index contributed by atoms with van der Waals surface area (Å²) in [5.74, 6) is 0. The molecule has 0 bridgehead atoms. The molecule has 2 rings (SSSR count). The van der Waals surface area contributed by atoms with Crippen molar-refractivity contribution in [2.24, 2.45) is 0 Å². The van der Waals surface area contributed by atoms with E-state index in [4.69, 9.17) is 12.2 Å². The zero-order chi connectivity index (χ0) is 10.3. The molecule has 0 N–H and O–H groups in total. The first kappa shape index (κ1) is 9.36. The van der Waals surface area contributed by atoms with Gasteiger partial charge < -0.3 is 0 Å². The molecule has 0 aliphatic carbocycles. The Bertz CT molecular complexity index is 526. The molecule has 3 nitrogen and oxygen atoms in total. The molecule has 0 aromatic heterocycles. The highest BCUT2D eigenvalue weighted by Gasteiger charge is 2.18. The number of non-ortho nitro benzene ring substituents is 1. The Hall–Kier alpha value is -1.20. The Morgan fingerprint density at radius 3 is 2.57 bits per heavy atom. The summed E-state index contributed by atoms with van der Waals surface area (Å²) in [7, 11) is 0. The molecule has 0 heterocycles.